The summed E-state index contributed by atoms with van der Waals surface area (Å²) in [7, 11) is 5.39. The van der Waals surface area contributed by atoms with Gasteiger partial charge in [0.2, 0.25) is 0 Å². The number of aromatic amines is 1. The number of carbonyl (C=O) groups is 2. The fourth-order valence-corrected chi connectivity index (χ4v) is 4.54. The van der Waals surface area contributed by atoms with Crippen molar-refractivity contribution >= 4 is 40.0 Å². The number of methoxy groups -OCH3 is 1. The van der Waals surface area contributed by atoms with E-state index in [4.69, 9.17) is 14.2 Å². The molecule has 12 nitrogen and oxygen atoms in total. The molecule has 12 heteroatoms. The van der Waals surface area contributed by atoms with Crippen LogP contribution >= 0.6 is 0 Å². The maximum Gasteiger partial charge on any atom is 0.262 e. The first-order valence-electron chi connectivity index (χ1n) is 13.2. The molecule has 4 aromatic rings. The summed E-state index contributed by atoms with van der Waals surface area (Å²) in [5.41, 5.74) is 3.07. The largest absolute Gasteiger partial charge is 0.497 e. The van der Waals surface area contributed by atoms with Crippen LogP contribution in [0.25, 0.3) is 11.0 Å². The fraction of sp³-hybridized carbons (Fsp3) is 0.310. The van der Waals surface area contributed by atoms with Crippen LogP contribution < -0.4 is 24.8 Å². The van der Waals surface area contributed by atoms with Gasteiger partial charge in [-0.1, -0.05) is 0 Å². The van der Waals surface area contributed by atoms with Gasteiger partial charge in [0.25, 0.3) is 11.8 Å². The van der Waals surface area contributed by atoms with E-state index in [1.165, 1.54) is 6.33 Å². The molecule has 41 heavy (non-hydrogen) atoms. The standard InChI is InChI=1S/C29H33N7O5/c1-35-11-4-12-36(2)26(38)17-41-24-13-21(34-29-27-19(15-35)14-30-28(27)31-18-32-29)7-10-23(24)40-16-25(37)33-20-5-8-22(39-3)9-6-20/h5-10,13-14,18H,4,11-12,15-17H2,1-3H3,(H,33,37)(H2,30,31,32,34). The van der Waals surface area contributed by atoms with Gasteiger partial charge in [0.15, 0.2) is 24.7 Å². The third-order valence-corrected chi connectivity index (χ3v) is 6.74. The number of likely N-dealkylation sites (N-methyl/N-ethyl adjacent to an activating group) is 1. The van der Waals surface area contributed by atoms with Crippen LogP contribution in [-0.2, 0) is 16.1 Å². The topological polar surface area (TPSA) is 134 Å². The van der Waals surface area contributed by atoms with Crippen molar-refractivity contribution in [2.45, 2.75) is 13.0 Å². The van der Waals surface area contributed by atoms with Crippen LogP contribution in [-0.4, -0.2) is 84.1 Å². The van der Waals surface area contributed by atoms with Crippen molar-refractivity contribution < 1.29 is 23.8 Å². The molecule has 2 aromatic heterocycles. The number of nitrogens with zero attached hydrogens (tertiary/aromatic N) is 4. The number of anilines is 3. The maximum atomic E-state index is 12.8. The number of amides is 2. The number of fused-ring (bicyclic) bond motifs is 2. The van der Waals surface area contributed by atoms with Crippen molar-refractivity contribution in [3.63, 3.8) is 0 Å². The monoisotopic (exact) mass is 559 g/mol. The van der Waals surface area contributed by atoms with Gasteiger partial charge in [-0.15, -0.1) is 0 Å². The minimum absolute atomic E-state index is 0.160. The number of rotatable bonds is 5. The summed E-state index contributed by atoms with van der Waals surface area (Å²) in [6.07, 6.45) is 4.25. The van der Waals surface area contributed by atoms with Crippen molar-refractivity contribution in [2.24, 2.45) is 0 Å². The molecule has 0 atom stereocenters. The summed E-state index contributed by atoms with van der Waals surface area (Å²) in [6.45, 7) is 1.65. The van der Waals surface area contributed by atoms with Crippen molar-refractivity contribution in [2.75, 3.05) is 58.1 Å². The van der Waals surface area contributed by atoms with Crippen LogP contribution in [0.4, 0.5) is 17.2 Å². The molecule has 0 aliphatic carbocycles. The van der Waals surface area contributed by atoms with Gasteiger partial charge in [-0.2, -0.15) is 0 Å². The number of hydrogen-bond acceptors (Lipinski definition) is 9. The van der Waals surface area contributed by atoms with Gasteiger partial charge in [0.1, 0.15) is 23.5 Å². The van der Waals surface area contributed by atoms with Crippen LogP contribution in [0.15, 0.2) is 55.0 Å². The molecule has 0 spiro atoms. The lowest BCUT2D eigenvalue weighted by atomic mass is 10.2. The number of benzene rings is 2. The molecule has 0 unspecified atom stereocenters. The second-order valence-corrected chi connectivity index (χ2v) is 9.81. The molecule has 3 heterocycles. The Hall–Kier alpha value is -4.84. The first-order valence-corrected chi connectivity index (χ1v) is 13.2. The van der Waals surface area contributed by atoms with Gasteiger partial charge in [-0.25, -0.2) is 9.97 Å². The quantitative estimate of drug-likeness (QED) is 0.336. The summed E-state index contributed by atoms with van der Waals surface area (Å²) < 4.78 is 16.9. The minimum Gasteiger partial charge on any atom is -0.497 e. The number of ether oxygens (including phenoxy) is 3. The van der Waals surface area contributed by atoms with Gasteiger partial charge in [0.05, 0.1) is 12.5 Å². The molecular weight excluding hydrogens is 526 g/mol. The van der Waals surface area contributed by atoms with Crippen LogP contribution in [0.3, 0.4) is 0 Å². The molecule has 2 bridgehead atoms. The Morgan fingerprint density at radius 1 is 1.12 bits per heavy atom. The van der Waals surface area contributed by atoms with Crippen LogP contribution in [0.5, 0.6) is 17.2 Å². The first-order chi connectivity index (χ1) is 19.9. The predicted molar refractivity (Wildman–Crippen MR) is 155 cm³/mol. The molecular formula is C29H33N7O5. The fourth-order valence-electron chi connectivity index (χ4n) is 4.54. The van der Waals surface area contributed by atoms with Gasteiger partial charge < -0.3 is 39.6 Å². The Bertz CT molecular complexity index is 1520. The van der Waals surface area contributed by atoms with Gasteiger partial charge in [0, 0.05) is 43.8 Å². The highest BCUT2D eigenvalue weighted by Crippen LogP contribution is 2.34. The molecule has 1 aliphatic rings. The highest BCUT2D eigenvalue weighted by Gasteiger charge is 2.18. The lowest BCUT2D eigenvalue weighted by Gasteiger charge is -2.22. The SMILES string of the molecule is COc1ccc(NC(=O)COc2ccc3cc2OCC(=O)N(C)CCCN(C)Cc2c[nH]c4ncnc(c24)N3)cc1. The third-order valence-electron chi connectivity index (χ3n) is 6.74. The lowest BCUT2D eigenvalue weighted by Crippen LogP contribution is -2.34. The van der Waals surface area contributed by atoms with Crippen molar-refractivity contribution in [1.82, 2.24) is 24.8 Å². The molecule has 0 radical (unpaired) electrons. The average molecular weight is 560 g/mol. The van der Waals surface area contributed by atoms with Crippen LogP contribution in [0, 0.1) is 0 Å². The van der Waals surface area contributed by atoms with E-state index in [0.717, 1.165) is 29.6 Å². The van der Waals surface area contributed by atoms with E-state index in [0.29, 0.717) is 47.5 Å². The van der Waals surface area contributed by atoms with E-state index in [9.17, 15) is 9.59 Å². The number of nitrogens with one attached hydrogen (secondary N) is 3. The predicted octanol–water partition coefficient (Wildman–Crippen LogP) is 3.40. The van der Waals surface area contributed by atoms with Gasteiger partial charge in [-0.05, 0) is 62.0 Å². The lowest BCUT2D eigenvalue weighted by molar-refractivity contribution is -0.132. The van der Waals surface area contributed by atoms with Gasteiger partial charge >= 0.3 is 0 Å². The summed E-state index contributed by atoms with van der Waals surface area (Å²) >= 11 is 0. The Labute approximate surface area is 237 Å². The van der Waals surface area contributed by atoms with E-state index in [1.807, 2.05) is 13.2 Å². The zero-order chi connectivity index (χ0) is 28.8. The molecule has 3 N–H and O–H groups in total. The van der Waals surface area contributed by atoms with E-state index >= 15 is 0 Å². The summed E-state index contributed by atoms with van der Waals surface area (Å²) in [6, 6.07) is 12.2. The maximum absolute atomic E-state index is 12.8. The Balaban J connectivity index is 1.39. The molecule has 0 fully saturated rings. The number of carbonyl (C=O) groups excluding carboxylic acids is 2. The summed E-state index contributed by atoms with van der Waals surface area (Å²) in [4.78, 5) is 41.3. The highest BCUT2D eigenvalue weighted by molar-refractivity contribution is 5.93. The normalized spacial score (nSPS) is 14.7. The van der Waals surface area contributed by atoms with E-state index < -0.39 is 0 Å². The van der Waals surface area contributed by atoms with Crippen molar-refractivity contribution in [3.05, 3.63) is 60.6 Å². The molecule has 0 saturated heterocycles. The highest BCUT2D eigenvalue weighted by atomic mass is 16.5. The zero-order valence-corrected chi connectivity index (χ0v) is 23.3. The Morgan fingerprint density at radius 3 is 2.76 bits per heavy atom. The Morgan fingerprint density at radius 2 is 1.95 bits per heavy atom. The molecule has 1 aliphatic heterocycles. The third kappa shape index (κ3) is 6.84. The van der Waals surface area contributed by atoms with Crippen molar-refractivity contribution in [3.8, 4) is 17.2 Å². The molecule has 5 rings (SSSR count). The Kier molecular flexibility index (Phi) is 8.49. The van der Waals surface area contributed by atoms with Crippen LogP contribution in [0.1, 0.15) is 12.0 Å². The molecule has 2 amide bonds. The van der Waals surface area contributed by atoms with Gasteiger partial charge in [-0.3, -0.25) is 9.59 Å². The number of aromatic nitrogens is 3. The van der Waals surface area contributed by atoms with E-state index in [1.54, 1.807) is 61.5 Å². The number of hydrogen-bond donors (Lipinski definition) is 3. The van der Waals surface area contributed by atoms with E-state index in [2.05, 4.69) is 30.5 Å². The van der Waals surface area contributed by atoms with Crippen LogP contribution in [0.2, 0.25) is 0 Å². The smallest absolute Gasteiger partial charge is 0.262 e. The second kappa shape index (κ2) is 12.6. The summed E-state index contributed by atoms with van der Waals surface area (Å²) in [5.74, 6) is 1.47. The first kappa shape index (κ1) is 27.7. The molecule has 214 valence electrons. The average Bonchev–Trinajstić information content (AvgIpc) is 3.38. The van der Waals surface area contributed by atoms with Crippen molar-refractivity contribution in [1.29, 1.82) is 0 Å². The number of H-pyrrole nitrogens is 1. The second-order valence-electron chi connectivity index (χ2n) is 9.81. The minimum atomic E-state index is -0.345. The van der Waals surface area contributed by atoms with E-state index in [-0.39, 0.29) is 25.0 Å². The molecule has 2 aromatic carbocycles. The summed E-state index contributed by atoms with van der Waals surface area (Å²) in [5, 5.41) is 7.04. The molecule has 0 saturated carbocycles. The zero-order valence-electron chi connectivity index (χ0n) is 23.3.